The third-order valence-electron chi connectivity index (χ3n) is 9.09. The molecule has 212 valence electrons. The molecular weight excluding hydrogens is 577 g/mol. The predicted octanol–water partition coefficient (Wildman–Crippen LogP) is 12.7. The van der Waals surface area contributed by atoms with Crippen LogP contribution in [0.2, 0.25) is 10.0 Å². The van der Waals surface area contributed by atoms with E-state index in [0.29, 0.717) is 0 Å². The van der Waals surface area contributed by atoms with Crippen LogP contribution in [0.15, 0.2) is 121 Å². The zero-order chi connectivity index (χ0) is 30.1. The molecule has 8 aromatic rings. The number of aromatic nitrogens is 1. The molecule has 0 radical (unpaired) electrons. The first-order valence-corrected chi connectivity index (χ1v) is 15.7. The Labute approximate surface area is 266 Å². The molecule has 0 saturated heterocycles. The van der Waals surface area contributed by atoms with Crippen molar-refractivity contribution in [2.45, 2.75) is 20.8 Å². The minimum absolute atomic E-state index is 0.757. The molecule has 0 bridgehead atoms. The van der Waals surface area contributed by atoms with E-state index in [9.17, 15) is 0 Å². The second-order valence-electron chi connectivity index (χ2n) is 11.8. The first-order valence-electron chi connectivity index (χ1n) is 14.9. The maximum absolute atomic E-state index is 6.68. The summed E-state index contributed by atoms with van der Waals surface area (Å²) in [5.41, 5.74) is 11.6. The monoisotopic (exact) mass is 605 g/mol. The number of hydrogen-bond acceptors (Lipinski definition) is 0. The largest absolute Gasteiger partial charge is 0.309 e. The topological polar surface area (TPSA) is 4.93 Å². The van der Waals surface area contributed by atoms with Crippen LogP contribution in [-0.2, 0) is 0 Å². The normalized spacial score (nSPS) is 11.8. The highest BCUT2D eigenvalue weighted by Crippen LogP contribution is 2.45. The summed E-state index contributed by atoms with van der Waals surface area (Å²) in [5.74, 6) is 0. The van der Waals surface area contributed by atoms with Gasteiger partial charge < -0.3 is 4.57 Å². The van der Waals surface area contributed by atoms with E-state index in [4.69, 9.17) is 23.2 Å². The van der Waals surface area contributed by atoms with Gasteiger partial charge in [-0.1, -0.05) is 108 Å². The summed E-state index contributed by atoms with van der Waals surface area (Å²) < 4.78 is 2.28. The van der Waals surface area contributed by atoms with Crippen molar-refractivity contribution in [2.75, 3.05) is 0 Å². The van der Waals surface area contributed by atoms with Crippen LogP contribution in [0.1, 0.15) is 16.7 Å². The molecule has 1 aromatic heterocycles. The van der Waals surface area contributed by atoms with E-state index in [-0.39, 0.29) is 0 Å². The molecule has 44 heavy (non-hydrogen) atoms. The molecule has 0 aliphatic carbocycles. The van der Waals surface area contributed by atoms with Crippen LogP contribution < -0.4 is 0 Å². The number of halogens is 2. The summed E-state index contributed by atoms with van der Waals surface area (Å²) in [4.78, 5) is 0. The number of nitrogens with zero attached hydrogens (tertiary/aromatic N) is 1. The molecule has 3 heteroatoms. The van der Waals surface area contributed by atoms with Crippen molar-refractivity contribution in [3.05, 3.63) is 148 Å². The number of hydrogen-bond donors (Lipinski definition) is 0. The highest BCUT2D eigenvalue weighted by atomic mass is 35.5. The lowest BCUT2D eigenvalue weighted by Gasteiger charge is -2.19. The van der Waals surface area contributed by atoms with Gasteiger partial charge in [-0.25, -0.2) is 0 Å². The van der Waals surface area contributed by atoms with Crippen molar-refractivity contribution in [2.24, 2.45) is 0 Å². The van der Waals surface area contributed by atoms with Crippen LogP contribution in [0, 0.1) is 20.8 Å². The van der Waals surface area contributed by atoms with Gasteiger partial charge in [-0.3, -0.25) is 0 Å². The number of aryl methyl sites for hydroxylation is 3. The van der Waals surface area contributed by atoms with Crippen LogP contribution in [0.4, 0.5) is 0 Å². The van der Waals surface area contributed by atoms with Gasteiger partial charge in [-0.15, -0.1) is 0 Å². The van der Waals surface area contributed by atoms with Gasteiger partial charge in [0, 0.05) is 26.5 Å². The Morgan fingerprint density at radius 2 is 0.886 bits per heavy atom. The summed E-state index contributed by atoms with van der Waals surface area (Å²) >= 11 is 13.4. The molecule has 0 atom stereocenters. The highest BCUT2D eigenvalue weighted by molar-refractivity contribution is 6.33. The summed E-state index contributed by atoms with van der Waals surface area (Å²) in [5, 5.41) is 8.88. The molecular formula is C41H29Cl2N. The molecule has 1 heterocycles. The molecule has 0 N–H and O–H groups in total. The lowest BCUT2D eigenvalue weighted by molar-refractivity contribution is 1.18. The lowest BCUT2D eigenvalue weighted by Crippen LogP contribution is -1.95. The van der Waals surface area contributed by atoms with Crippen molar-refractivity contribution >= 4 is 66.6 Å². The molecule has 0 spiro atoms. The highest BCUT2D eigenvalue weighted by Gasteiger charge is 2.19. The average Bonchev–Trinajstić information content (AvgIpc) is 3.32. The fraction of sp³-hybridized carbons (Fsp3) is 0.0732. The van der Waals surface area contributed by atoms with Gasteiger partial charge >= 0.3 is 0 Å². The standard InChI is InChI=1S/C41H29Cl2N/c1-24-10-4-5-11-29(24)41-32-14-8-6-12-30(32)40(31-13-7-9-15-33(31)41)27-16-18-28(19-17-27)44-38-22-36(42)25(2)20-34(38)35-21-26(3)37(43)23-39(35)44/h4-23H,1-3H3. The third kappa shape index (κ3) is 4.08. The van der Waals surface area contributed by atoms with Crippen LogP contribution in [0.25, 0.3) is 71.3 Å². The van der Waals surface area contributed by atoms with Gasteiger partial charge in [0.05, 0.1) is 11.0 Å². The number of rotatable bonds is 3. The molecule has 0 aliphatic rings. The van der Waals surface area contributed by atoms with Gasteiger partial charge in [-0.2, -0.15) is 0 Å². The molecule has 0 fully saturated rings. The molecule has 8 rings (SSSR count). The first-order chi connectivity index (χ1) is 21.4. The van der Waals surface area contributed by atoms with Gasteiger partial charge in [0.15, 0.2) is 0 Å². The Morgan fingerprint density at radius 3 is 1.39 bits per heavy atom. The summed E-state index contributed by atoms with van der Waals surface area (Å²) in [6, 6.07) is 43.8. The predicted molar refractivity (Wildman–Crippen MR) is 191 cm³/mol. The fourth-order valence-corrected chi connectivity index (χ4v) is 7.23. The van der Waals surface area contributed by atoms with Crippen LogP contribution in [0.5, 0.6) is 0 Å². The van der Waals surface area contributed by atoms with Crippen LogP contribution in [-0.4, -0.2) is 4.57 Å². The number of fused-ring (bicyclic) bond motifs is 5. The smallest absolute Gasteiger partial charge is 0.0556 e. The van der Waals surface area contributed by atoms with Crippen molar-refractivity contribution in [3.8, 4) is 27.9 Å². The van der Waals surface area contributed by atoms with E-state index in [1.54, 1.807) is 0 Å². The lowest BCUT2D eigenvalue weighted by atomic mass is 9.85. The summed E-state index contributed by atoms with van der Waals surface area (Å²) in [7, 11) is 0. The van der Waals surface area contributed by atoms with Gasteiger partial charge in [-0.05, 0) is 118 Å². The molecule has 0 amide bonds. The zero-order valence-corrected chi connectivity index (χ0v) is 26.3. The Kier molecular flexibility index (Phi) is 6.31. The Bertz CT molecular complexity index is 2310. The average molecular weight is 607 g/mol. The van der Waals surface area contributed by atoms with E-state index in [1.165, 1.54) is 60.1 Å². The quantitative estimate of drug-likeness (QED) is 0.176. The third-order valence-corrected chi connectivity index (χ3v) is 9.90. The van der Waals surface area contributed by atoms with Gasteiger partial charge in [0.25, 0.3) is 0 Å². The van der Waals surface area contributed by atoms with Crippen molar-refractivity contribution in [1.82, 2.24) is 4.57 Å². The molecule has 0 aliphatic heterocycles. The van der Waals surface area contributed by atoms with Crippen molar-refractivity contribution < 1.29 is 0 Å². The fourth-order valence-electron chi connectivity index (χ4n) is 6.91. The molecule has 7 aromatic carbocycles. The Morgan fingerprint density at radius 1 is 0.432 bits per heavy atom. The minimum atomic E-state index is 0.757. The Hall–Kier alpha value is -4.56. The molecule has 0 unspecified atom stereocenters. The van der Waals surface area contributed by atoms with Crippen molar-refractivity contribution in [1.29, 1.82) is 0 Å². The Balaban J connectivity index is 1.38. The first kappa shape index (κ1) is 27.0. The SMILES string of the molecule is Cc1cc2c3cc(C)c(Cl)cc3n(-c3ccc(-c4c5ccccc5c(-c5ccccc5C)c5ccccc45)cc3)c2cc1Cl. The second kappa shape index (κ2) is 10.3. The van der Waals surface area contributed by atoms with Crippen LogP contribution in [0.3, 0.4) is 0 Å². The van der Waals surface area contributed by atoms with Crippen molar-refractivity contribution in [3.63, 3.8) is 0 Å². The number of benzene rings is 7. The minimum Gasteiger partial charge on any atom is -0.309 e. The summed E-state index contributed by atoms with van der Waals surface area (Å²) in [6.45, 7) is 6.31. The second-order valence-corrected chi connectivity index (χ2v) is 12.6. The van der Waals surface area contributed by atoms with E-state index in [2.05, 4.69) is 147 Å². The maximum Gasteiger partial charge on any atom is 0.0556 e. The summed E-state index contributed by atoms with van der Waals surface area (Å²) in [6.07, 6.45) is 0. The zero-order valence-electron chi connectivity index (χ0n) is 24.8. The molecule has 0 saturated carbocycles. The van der Waals surface area contributed by atoms with Gasteiger partial charge in [0.2, 0.25) is 0 Å². The van der Waals surface area contributed by atoms with E-state index in [0.717, 1.165) is 37.9 Å². The van der Waals surface area contributed by atoms with Crippen LogP contribution >= 0.6 is 23.2 Å². The van der Waals surface area contributed by atoms with E-state index >= 15 is 0 Å². The van der Waals surface area contributed by atoms with E-state index in [1.807, 2.05) is 0 Å². The maximum atomic E-state index is 6.68. The van der Waals surface area contributed by atoms with Gasteiger partial charge in [0.1, 0.15) is 0 Å². The molecule has 1 nitrogen and oxygen atoms in total. The van der Waals surface area contributed by atoms with E-state index < -0.39 is 0 Å².